The molecule has 2 nitrogen and oxygen atoms in total. The second-order valence-electron chi connectivity index (χ2n) is 4.76. The first kappa shape index (κ1) is 13.6. The van der Waals surface area contributed by atoms with Gasteiger partial charge in [-0.05, 0) is 25.0 Å². The number of hydrogen-bond acceptors (Lipinski definition) is 2. The van der Waals surface area contributed by atoms with Gasteiger partial charge in [0.05, 0.1) is 0 Å². The highest BCUT2D eigenvalue weighted by molar-refractivity contribution is 5.78. The molecule has 0 bridgehead atoms. The van der Waals surface area contributed by atoms with Crippen molar-refractivity contribution in [1.29, 1.82) is 0 Å². The van der Waals surface area contributed by atoms with Gasteiger partial charge >= 0.3 is 0 Å². The Balaban J connectivity index is 3.41. The molecular formula is C15H24N2. The van der Waals surface area contributed by atoms with Crippen molar-refractivity contribution in [2.75, 3.05) is 33.1 Å². The van der Waals surface area contributed by atoms with Crippen molar-refractivity contribution in [2.24, 2.45) is 0 Å². The summed E-state index contributed by atoms with van der Waals surface area (Å²) < 4.78 is 0. The lowest BCUT2D eigenvalue weighted by Crippen LogP contribution is -2.17. The van der Waals surface area contributed by atoms with E-state index in [1.807, 2.05) is 0 Å². The first-order valence-electron chi connectivity index (χ1n) is 6.13. The summed E-state index contributed by atoms with van der Waals surface area (Å²) in [4.78, 5) is 4.37. The van der Waals surface area contributed by atoms with Gasteiger partial charge in [-0.3, -0.25) is 0 Å². The normalized spacial score (nSPS) is 11.5. The zero-order chi connectivity index (χ0) is 13.0. The van der Waals surface area contributed by atoms with Gasteiger partial charge < -0.3 is 9.80 Å². The fourth-order valence-corrected chi connectivity index (χ4v) is 2.06. The third kappa shape index (κ3) is 3.02. The molecule has 1 aromatic carbocycles. The second-order valence-corrected chi connectivity index (χ2v) is 4.76. The highest BCUT2D eigenvalue weighted by Crippen LogP contribution is 2.30. The van der Waals surface area contributed by atoms with Gasteiger partial charge in [0.25, 0.3) is 0 Å². The maximum absolute atomic E-state index is 2.29. The largest absolute Gasteiger partial charge is 0.377 e. The third-order valence-electron chi connectivity index (χ3n) is 2.87. The van der Waals surface area contributed by atoms with Crippen LogP contribution in [-0.2, 0) is 0 Å². The molecule has 2 heteroatoms. The minimum absolute atomic E-state index is 1.05. The molecule has 0 saturated heterocycles. The lowest BCUT2D eigenvalue weighted by Gasteiger charge is -2.25. The number of hydrogen-bond donors (Lipinski definition) is 0. The number of aryl methyl sites for hydroxylation is 1. The third-order valence-corrected chi connectivity index (χ3v) is 2.87. The molecule has 17 heavy (non-hydrogen) atoms. The second kappa shape index (κ2) is 5.76. The van der Waals surface area contributed by atoms with E-state index in [2.05, 4.69) is 76.1 Å². The van der Waals surface area contributed by atoms with Crippen LogP contribution in [0.4, 0.5) is 5.69 Å². The molecular weight excluding hydrogens is 208 g/mol. The van der Waals surface area contributed by atoms with Crippen molar-refractivity contribution in [1.82, 2.24) is 4.90 Å². The monoisotopic (exact) mass is 232 g/mol. The summed E-state index contributed by atoms with van der Waals surface area (Å²) in [5, 5.41) is 0. The van der Waals surface area contributed by atoms with Crippen molar-refractivity contribution < 1.29 is 0 Å². The van der Waals surface area contributed by atoms with Crippen molar-refractivity contribution in [2.45, 2.75) is 20.3 Å². The maximum Gasteiger partial charge on any atom is 0.0458 e. The molecule has 0 aliphatic rings. The number of nitrogens with zero attached hydrogens (tertiary/aromatic N) is 2. The molecule has 0 fully saturated rings. The average Bonchev–Trinajstić information content (AvgIpc) is 2.25. The van der Waals surface area contributed by atoms with E-state index in [1.54, 1.807) is 0 Å². The molecule has 0 aromatic heterocycles. The number of anilines is 1. The summed E-state index contributed by atoms with van der Waals surface area (Å²) in [5.41, 5.74) is 5.24. The maximum atomic E-state index is 2.29. The molecule has 0 saturated carbocycles. The van der Waals surface area contributed by atoms with Gasteiger partial charge in [0.15, 0.2) is 0 Å². The molecule has 0 atom stereocenters. The summed E-state index contributed by atoms with van der Waals surface area (Å²) in [6, 6.07) is 6.47. The van der Waals surface area contributed by atoms with Crippen molar-refractivity contribution >= 4 is 11.4 Å². The van der Waals surface area contributed by atoms with E-state index in [1.165, 1.54) is 22.5 Å². The van der Waals surface area contributed by atoms with Gasteiger partial charge in [-0.2, -0.15) is 0 Å². The van der Waals surface area contributed by atoms with Crippen LogP contribution in [0.3, 0.4) is 0 Å². The van der Waals surface area contributed by atoms with Crippen LogP contribution in [0, 0.1) is 6.92 Å². The first-order valence-corrected chi connectivity index (χ1v) is 6.13. The molecule has 0 spiro atoms. The molecule has 0 aliphatic carbocycles. The topological polar surface area (TPSA) is 6.48 Å². The molecule has 0 N–H and O–H groups in total. The van der Waals surface area contributed by atoms with Crippen molar-refractivity contribution in [3.63, 3.8) is 0 Å². The van der Waals surface area contributed by atoms with Gasteiger partial charge in [0.1, 0.15) is 0 Å². The van der Waals surface area contributed by atoms with E-state index >= 15 is 0 Å². The van der Waals surface area contributed by atoms with Crippen LogP contribution >= 0.6 is 0 Å². The Morgan fingerprint density at radius 2 is 1.82 bits per heavy atom. The Hall–Kier alpha value is -1.44. The lowest BCUT2D eigenvalue weighted by molar-refractivity contribution is 0.589. The zero-order valence-corrected chi connectivity index (χ0v) is 11.9. The standard InChI is InChI=1S/C15H24N2/c1-7-9-13(16(3)4)15-12(2)10-8-11-14(15)17(5)6/h8-11H,7H2,1-6H3. The van der Waals surface area contributed by atoms with E-state index in [4.69, 9.17) is 0 Å². The van der Waals surface area contributed by atoms with Gasteiger partial charge in [-0.25, -0.2) is 0 Å². The SMILES string of the molecule is CCC=C(c1c(C)cccc1N(C)C)N(C)C. The average molecular weight is 232 g/mol. The van der Waals surface area contributed by atoms with Crippen molar-refractivity contribution in [3.8, 4) is 0 Å². The van der Waals surface area contributed by atoms with E-state index in [0.29, 0.717) is 0 Å². The van der Waals surface area contributed by atoms with Gasteiger partial charge in [0.2, 0.25) is 0 Å². The van der Waals surface area contributed by atoms with Gasteiger partial charge in [-0.1, -0.05) is 25.1 Å². The molecule has 0 heterocycles. The van der Waals surface area contributed by atoms with Crippen LogP contribution in [0.15, 0.2) is 24.3 Å². The predicted molar refractivity (Wildman–Crippen MR) is 77.5 cm³/mol. The fraction of sp³-hybridized carbons (Fsp3) is 0.467. The highest BCUT2D eigenvalue weighted by atomic mass is 15.1. The van der Waals surface area contributed by atoms with E-state index in [-0.39, 0.29) is 0 Å². The lowest BCUT2D eigenvalue weighted by atomic mass is 10.0. The number of allylic oxidation sites excluding steroid dienone is 1. The minimum atomic E-state index is 1.05. The summed E-state index contributed by atoms with van der Waals surface area (Å²) >= 11 is 0. The van der Waals surface area contributed by atoms with Crippen LogP contribution in [0.2, 0.25) is 0 Å². The first-order chi connectivity index (χ1) is 7.99. The summed E-state index contributed by atoms with van der Waals surface area (Å²) in [7, 11) is 8.40. The van der Waals surface area contributed by atoms with Gasteiger partial charge in [-0.15, -0.1) is 0 Å². The van der Waals surface area contributed by atoms with Crippen LogP contribution in [0.25, 0.3) is 5.70 Å². The molecule has 1 rings (SSSR count). The summed E-state index contributed by atoms with van der Waals surface area (Å²) in [6.45, 7) is 4.35. The smallest absolute Gasteiger partial charge is 0.0458 e. The van der Waals surface area contributed by atoms with Crippen LogP contribution in [0.1, 0.15) is 24.5 Å². The Morgan fingerprint density at radius 3 is 2.29 bits per heavy atom. The van der Waals surface area contributed by atoms with Crippen LogP contribution < -0.4 is 4.90 Å². The Bertz CT molecular complexity index is 403. The minimum Gasteiger partial charge on any atom is -0.377 e. The molecule has 94 valence electrons. The van der Waals surface area contributed by atoms with Crippen LogP contribution in [-0.4, -0.2) is 33.1 Å². The van der Waals surface area contributed by atoms with E-state index < -0.39 is 0 Å². The molecule has 0 unspecified atom stereocenters. The number of benzene rings is 1. The van der Waals surface area contributed by atoms with Gasteiger partial charge in [0, 0.05) is 45.1 Å². The van der Waals surface area contributed by atoms with Crippen LogP contribution in [0.5, 0.6) is 0 Å². The molecule has 0 radical (unpaired) electrons. The zero-order valence-electron chi connectivity index (χ0n) is 11.9. The molecule has 1 aromatic rings. The highest BCUT2D eigenvalue weighted by Gasteiger charge is 2.13. The fourth-order valence-electron chi connectivity index (χ4n) is 2.06. The summed E-state index contributed by atoms with van der Waals surface area (Å²) in [6.07, 6.45) is 3.34. The predicted octanol–water partition coefficient (Wildman–Crippen LogP) is 3.37. The van der Waals surface area contributed by atoms with E-state index in [9.17, 15) is 0 Å². The molecule has 0 amide bonds. The Labute approximate surface area is 106 Å². The summed E-state index contributed by atoms with van der Waals surface area (Å²) in [5.74, 6) is 0. The number of rotatable bonds is 4. The molecule has 0 aliphatic heterocycles. The Kier molecular flexibility index (Phi) is 4.62. The van der Waals surface area contributed by atoms with E-state index in [0.717, 1.165) is 6.42 Å². The van der Waals surface area contributed by atoms with Crippen molar-refractivity contribution in [3.05, 3.63) is 35.4 Å². The quantitative estimate of drug-likeness (QED) is 0.785. The Morgan fingerprint density at radius 1 is 1.18 bits per heavy atom.